The summed E-state index contributed by atoms with van der Waals surface area (Å²) in [7, 11) is 0. The Hall–Kier alpha value is -2.16. The molecular weight excluding hydrogens is 301 g/mol. The normalized spacial score (nSPS) is 25.9. The van der Waals surface area contributed by atoms with Crippen molar-refractivity contribution in [2.45, 2.75) is 49.9 Å². The highest BCUT2D eigenvalue weighted by Gasteiger charge is 2.45. The summed E-state index contributed by atoms with van der Waals surface area (Å²) in [5, 5.41) is 0. The minimum atomic E-state index is -0.751. The van der Waals surface area contributed by atoms with Crippen LogP contribution in [0.2, 0.25) is 0 Å². The number of rotatable bonds is 3. The number of nitrogens with zero attached hydrogens (tertiary/aromatic N) is 1. The summed E-state index contributed by atoms with van der Waals surface area (Å²) in [4.78, 5) is 15.5. The quantitative estimate of drug-likeness (QED) is 0.824. The molecule has 2 unspecified atom stereocenters. The van der Waals surface area contributed by atoms with Crippen molar-refractivity contribution < 1.29 is 9.18 Å². The van der Waals surface area contributed by atoms with Gasteiger partial charge in [0.15, 0.2) is 0 Å². The number of fused-ring (bicyclic) bond motifs is 2. The van der Waals surface area contributed by atoms with Gasteiger partial charge in [0.05, 0.1) is 5.92 Å². The van der Waals surface area contributed by atoms with Crippen LogP contribution in [0.4, 0.5) is 4.39 Å². The Morgan fingerprint density at radius 2 is 1.33 bits per heavy atom. The van der Waals surface area contributed by atoms with Gasteiger partial charge in [0.1, 0.15) is 6.17 Å². The van der Waals surface area contributed by atoms with Crippen molar-refractivity contribution in [3.8, 4) is 0 Å². The van der Waals surface area contributed by atoms with E-state index in [9.17, 15) is 9.18 Å². The minimum Gasteiger partial charge on any atom is -0.336 e. The van der Waals surface area contributed by atoms with Crippen LogP contribution in [0.15, 0.2) is 60.7 Å². The lowest BCUT2D eigenvalue weighted by molar-refractivity contribution is -0.137. The maximum atomic E-state index is 13.9. The zero-order chi connectivity index (χ0) is 16.5. The van der Waals surface area contributed by atoms with E-state index in [0.717, 1.165) is 24.0 Å². The lowest BCUT2D eigenvalue weighted by Gasteiger charge is -2.38. The number of hydrogen-bond donors (Lipinski definition) is 0. The average molecular weight is 323 g/mol. The molecule has 2 heterocycles. The topological polar surface area (TPSA) is 20.3 Å². The molecule has 2 bridgehead atoms. The van der Waals surface area contributed by atoms with Crippen LogP contribution in [-0.2, 0) is 4.79 Å². The van der Waals surface area contributed by atoms with E-state index in [2.05, 4.69) is 0 Å². The lowest BCUT2D eigenvalue weighted by atomic mass is 9.88. The first-order valence-electron chi connectivity index (χ1n) is 8.80. The molecule has 2 fully saturated rings. The Bertz CT molecular complexity index is 649. The smallest absolute Gasteiger partial charge is 0.235 e. The number of piperidine rings is 1. The molecule has 2 atom stereocenters. The first-order chi connectivity index (χ1) is 11.7. The number of benzene rings is 2. The third kappa shape index (κ3) is 2.72. The second-order valence-electron chi connectivity index (χ2n) is 6.95. The Kier molecular flexibility index (Phi) is 4.09. The number of amides is 1. The molecule has 0 saturated carbocycles. The van der Waals surface area contributed by atoms with E-state index in [0.29, 0.717) is 12.8 Å². The minimum absolute atomic E-state index is 0.0705. The average Bonchev–Trinajstić information content (AvgIpc) is 2.88. The number of carbonyl (C=O) groups excluding carboxylic acids is 1. The van der Waals surface area contributed by atoms with Gasteiger partial charge in [-0.05, 0) is 36.8 Å². The first kappa shape index (κ1) is 15.4. The fourth-order valence-corrected chi connectivity index (χ4v) is 4.39. The van der Waals surface area contributed by atoms with Crippen LogP contribution in [0.5, 0.6) is 0 Å². The van der Waals surface area contributed by atoms with E-state index in [1.807, 2.05) is 65.6 Å². The Morgan fingerprint density at radius 1 is 0.875 bits per heavy atom. The Morgan fingerprint density at radius 3 is 1.79 bits per heavy atom. The van der Waals surface area contributed by atoms with Crippen molar-refractivity contribution in [3.63, 3.8) is 0 Å². The molecule has 0 aromatic heterocycles. The predicted octanol–water partition coefficient (Wildman–Crippen LogP) is 4.31. The van der Waals surface area contributed by atoms with Crippen LogP contribution in [0.25, 0.3) is 0 Å². The Labute approximate surface area is 142 Å². The molecule has 2 aliphatic heterocycles. The number of carbonyl (C=O) groups is 1. The molecule has 2 aliphatic rings. The highest BCUT2D eigenvalue weighted by atomic mass is 19.1. The standard InChI is InChI=1S/C21H22FNO/c22-17-13-18-11-12-19(14-17)23(18)21(24)20(15-7-3-1-4-8-15)16-9-5-2-6-10-16/h1-10,17-20H,11-14H2. The van der Waals surface area contributed by atoms with Gasteiger partial charge in [0.2, 0.25) is 5.91 Å². The molecule has 0 radical (unpaired) electrons. The zero-order valence-electron chi connectivity index (χ0n) is 13.6. The van der Waals surface area contributed by atoms with E-state index >= 15 is 0 Å². The first-order valence-corrected chi connectivity index (χ1v) is 8.80. The maximum absolute atomic E-state index is 13.9. The molecule has 1 amide bonds. The molecule has 4 rings (SSSR count). The van der Waals surface area contributed by atoms with Gasteiger partial charge in [-0.3, -0.25) is 4.79 Å². The van der Waals surface area contributed by atoms with Gasteiger partial charge < -0.3 is 4.90 Å². The summed E-state index contributed by atoms with van der Waals surface area (Å²) < 4.78 is 13.9. The summed E-state index contributed by atoms with van der Waals surface area (Å²) in [5.41, 5.74) is 2.02. The van der Waals surface area contributed by atoms with Crippen LogP contribution in [-0.4, -0.2) is 29.1 Å². The van der Waals surface area contributed by atoms with Crippen molar-refractivity contribution in [2.24, 2.45) is 0 Å². The SMILES string of the molecule is O=C(C(c1ccccc1)c1ccccc1)N1C2CCC1CC(F)C2. The molecule has 124 valence electrons. The maximum Gasteiger partial charge on any atom is 0.235 e. The van der Waals surface area contributed by atoms with E-state index in [1.165, 1.54) is 0 Å². The van der Waals surface area contributed by atoms with Crippen molar-refractivity contribution in [3.05, 3.63) is 71.8 Å². The van der Waals surface area contributed by atoms with Crippen molar-refractivity contribution in [2.75, 3.05) is 0 Å². The number of alkyl halides is 1. The molecule has 2 nitrogen and oxygen atoms in total. The summed E-state index contributed by atoms with van der Waals surface area (Å²) in [6.07, 6.45) is 2.12. The van der Waals surface area contributed by atoms with E-state index in [1.54, 1.807) is 0 Å². The van der Waals surface area contributed by atoms with E-state index < -0.39 is 6.17 Å². The zero-order valence-corrected chi connectivity index (χ0v) is 13.6. The molecular formula is C21H22FNO. The van der Waals surface area contributed by atoms with Crippen LogP contribution in [0.3, 0.4) is 0 Å². The monoisotopic (exact) mass is 323 g/mol. The highest BCUT2D eigenvalue weighted by Crippen LogP contribution is 2.40. The van der Waals surface area contributed by atoms with Crippen molar-refractivity contribution in [1.82, 2.24) is 4.90 Å². The number of halogens is 1. The van der Waals surface area contributed by atoms with Crippen LogP contribution < -0.4 is 0 Å². The summed E-state index contributed by atoms with van der Waals surface area (Å²) in [6.45, 7) is 0. The molecule has 24 heavy (non-hydrogen) atoms. The van der Waals surface area contributed by atoms with Crippen LogP contribution >= 0.6 is 0 Å². The van der Waals surface area contributed by atoms with Gasteiger partial charge in [0.25, 0.3) is 0 Å². The molecule has 2 saturated heterocycles. The molecule has 0 N–H and O–H groups in total. The third-order valence-electron chi connectivity index (χ3n) is 5.44. The van der Waals surface area contributed by atoms with Gasteiger partial charge >= 0.3 is 0 Å². The summed E-state index contributed by atoms with van der Waals surface area (Å²) in [5.74, 6) is -0.168. The van der Waals surface area contributed by atoms with Gasteiger partial charge in [-0.15, -0.1) is 0 Å². The highest BCUT2D eigenvalue weighted by molar-refractivity contribution is 5.88. The Balaban J connectivity index is 1.71. The van der Waals surface area contributed by atoms with Gasteiger partial charge in [0, 0.05) is 12.1 Å². The van der Waals surface area contributed by atoms with Crippen LogP contribution in [0.1, 0.15) is 42.7 Å². The second-order valence-corrected chi connectivity index (χ2v) is 6.95. The molecule has 0 spiro atoms. The lowest BCUT2D eigenvalue weighted by Crippen LogP contribution is -2.49. The van der Waals surface area contributed by atoms with Gasteiger partial charge in [-0.1, -0.05) is 60.7 Å². The summed E-state index contributed by atoms with van der Waals surface area (Å²) in [6, 6.07) is 20.0. The largest absolute Gasteiger partial charge is 0.336 e. The third-order valence-corrected chi connectivity index (χ3v) is 5.44. The molecule has 3 heteroatoms. The van der Waals surface area contributed by atoms with Crippen LogP contribution in [0, 0.1) is 0 Å². The summed E-state index contributed by atoms with van der Waals surface area (Å²) >= 11 is 0. The molecule has 0 aliphatic carbocycles. The van der Waals surface area contributed by atoms with E-state index in [-0.39, 0.29) is 23.9 Å². The van der Waals surface area contributed by atoms with Crippen molar-refractivity contribution >= 4 is 5.91 Å². The molecule has 2 aromatic carbocycles. The van der Waals surface area contributed by atoms with Crippen molar-refractivity contribution in [1.29, 1.82) is 0 Å². The fourth-order valence-electron chi connectivity index (χ4n) is 4.39. The molecule has 2 aromatic rings. The van der Waals surface area contributed by atoms with Gasteiger partial charge in [-0.25, -0.2) is 4.39 Å². The van der Waals surface area contributed by atoms with Gasteiger partial charge in [-0.2, -0.15) is 0 Å². The fraction of sp³-hybridized carbons (Fsp3) is 0.381. The predicted molar refractivity (Wildman–Crippen MR) is 92.5 cm³/mol. The number of hydrogen-bond acceptors (Lipinski definition) is 1. The second kappa shape index (κ2) is 6.39. The van der Waals surface area contributed by atoms with E-state index in [4.69, 9.17) is 0 Å².